The van der Waals surface area contributed by atoms with Crippen LogP contribution in [0.25, 0.3) is 0 Å². The molecule has 3 rings (SSSR count). The summed E-state index contributed by atoms with van der Waals surface area (Å²) in [6.45, 7) is 3.28. The SMILES string of the molecule is CCc1cccc(NC(N)=NCC2COC3(CCCCC3)O2)c1.I. The monoisotopic (exact) mass is 445 g/mol. The van der Waals surface area contributed by atoms with Crippen LogP contribution in [0.5, 0.6) is 0 Å². The summed E-state index contributed by atoms with van der Waals surface area (Å²) in [4.78, 5) is 4.41. The van der Waals surface area contributed by atoms with E-state index in [0.29, 0.717) is 19.1 Å². The first-order chi connectivity index (χ1) is 11.2. The minimum absolute atomic E-state index is 0. The first-order valence-electron chi connectivity index (χ1n) is 8.67. The summed E-state index contributed by atoms with van der Waals surface area (Å²) in [6.07, 6.45) is 6.68. The van der Waals surface area contributed by atoms with Gasteiger partial charge >= 0.3 is 0 Å². The van der Waals surface area contributed by atoms with E-state index in [9.17, 15) is 0 Å². The summed E-state index contributed by atoms with van der Waals surface area (Å²) in [6, 6.07) is 8.21. The predicted molar refractivity (Wildman–Crippen MR) is 108 cm³/mol. The Kier molecular flexibility index (Phi) is 7.31. The van der Waals surface area contributed by atoms with Gasteiger partial charge in [-0.1, -0.05) is 25.5 Å². The minimum atomic E-state index is -0.337. The zero-order valence-electron chi connectivity index (χ0n) is 14.3. The summed E-state index contributed by atoms with van der Waals surface area (Å²) < 4.78 is 12.0. The van der Waals surface area contributed by atoms with Crippen molar-refractivity contribution in [3.8, 4) is 0 Å². The van der Waals surface area contributed by atoms with Crippen molar-refractivity contribution in [1.82, 2.24) is 0 Å². The summed E-state index contributed by atoms with van der Waals surface area (Å²) in [5.74, 6) is 0.0854. The minimum Gasteiger partial charge on any atom is -0.370 e. The Morgan fingerprint density at radius 3 is 2.88 bits per heavy atom. The number of anilines is 1. The van der Waals surface area contributed by atoms with E-state index in [0.717, 1.165) is 24.9 Å². The number of aryl methyl sites for hydroxylation is 1. The molecule has 1 heterocycles. The molecular weight excluding hydrogens is 417 g/mol. The molecule has 1 atom stereocenters. The predicted octanol–water partition coefficient (Wildman–Crippen LogP) is 3.67. The number of guanidine groups is 1. The van der Waals surface area contributed by atoms with Gasteiger partial charge in [0, 0.05) is 18.5 Å². The van der Waals surface area contributed by atoms with Crippen molar-refractivity contribution < 1.29 is 9.47 Å². The largest absolute Gasteiger partial charge is 0.370 e. The Bertz CT molecular complexity index is 559. The summed E-state index contributed by atoms with van der Waals surface area (Å²) in [5.41, 5.74) is 8.23. The Balaban J connectivity index is 0.00000208. The highest BCUT2D eigenvalue weighted by molar-refractivity contribution is 14.0. The third kappa shape index (κ3) is 5.07. The average molecular weight is 445 g/mol. The topological polar surface area (TPSA) is 68.9 Å². The van der Waals surface area contributed by atoms with Gasteiger partial charge in [-0.3, -0.25) is 4.99 Å². The van der Waals surface area contributed by atoms with Crippen LogP contribution in [0, 0.1) is 0 Å². The molecule has 1 aliphatic heterocycles. The molecule has 0 amide bonds. The second kappa shape index (κ2) is 9.01. The fraction of sp³-hybridized carbons (Fsp3) is 0.611. The lowest BCUT2D eigenvalue weighted by Crippen LogP contribution is -2.34. The van der Waals surface area contributed by atoms with Gasteiger partial charge in [0.2, 0.25) is 0 Å². The van der Waals surface area contributed by atoms with E-state index in [1.165, 1.54) is 24.8 Å². The molecule has 1 aromatic carbocycles. The molecule has 3 N–H and O–H groups in total. The quantitative estimate of drug-likeness (QED) is 0.422. The van der Waals surface area contributed by atoms with Crippen LogP contribution < -0.4 is 11.1 Å². The first-order valence-corrected chi connectivity index (χ1v) is 8.67. The van der Waals surface area contributed by atoms with E-state index < -0.39 is 0 Å². The molecule has 24 heavy (non-hydrogen) atoms. The number of hydrogen-bond acceptors (Lipinski definition) is 3. The number of halogens is 1. The molecule has 1 saturated carbocycles. The summed E-state index contributed by atoms with van der Waals surface area (Å²) in [7, 11) is 0. The third-order valence-corrected chi connectivity index (χ3v) is 4.60. The number of nitrogens with zero attached hydrogens (tertiary/aromatic N) is 1. The van der Waals surface area contributed by atoms with E-state index in [1.54, 1.807) is 0 Å². The number of hydrogen-bond donors (Lipinski definition) is 2. The van der Waals surface area contributed by atoms with Crippen LogP contribution >= 0.6 is 24.0 Å². The van der Waals surface area contributed by atoms with Crippen LogP contribution in [0.4, 0.5) is 5.69 Å². The second-order valence-electron chi connectivity index (χ2n) is 6.43. The van der Waals surface area contributed by atoms with Gasteiger partial charge in [0.25, 0.3) is 0 Å². The van der Waals surface area contributed by atoms with Crippen molar-refractivity contribution >= 4 is 35.6 Å². The van der Waals surface area contributed by atoms with Crippen LogP contribution in [0.15, 0.2) is 29.3 Å². The highest BCUT2D eigenvalue weighted by atomic mass is 127. The molecular formula is C18H28IN3O2. The maximum atomic E-state index is 6.11. The highest BCUT2D eigenvalue weighted by Crippen LogP contribution is 2.37. The number of rotatable bonds is 4. The fourth-order valence-electron chi connectivity index (χ4n) is 3.32. The number of ether oxygens (including phenoxy) is 2. The van der Waals surface area contributed by atoms with Gasteiger partial charge in [-0.25, -0.2) is 0 Å². The lowest BCUT2D eigenvalue weighted by atomic mass is 9.94. The lowest BCUT2D eigenvalue weighted by molar-refractivity contribution is -0.186. The van der Waals surface area contributed by atoms with E-state index >= 15 is 0 Å². The van der Waals surface area contributed by atoms with Gasteiger partial charge in [-0.05, 0) is 37.0 Å². The fourth-order valence-corrected chi connectivity index (χ4v) is 3.32. The third-order valence-electron chi connectivity index (χ3n) is 4.60. The second-order valence-corrected chi connectivity index (χ2v) is 6.43. The highest BCUT2D eigenvalue weighted by Gasteiger charge is 2.41. The van der Waals surface area contributed by atoms with Gasteiger partial charge in [-0.2, -0.15) is 0 Å². The van der Waals surface area contributed by atoms with Crippen LogP contribution in [-0.2, 0) is 15.9 Å². The number of benzene rings is 1. The smallest absolute Gasteiger partial charge is 0.193 e. The molecule has 0 bridgehead atoms. The molecule has 0 aromatic heterocycles. The normalized spacial score (nSPS) is 23.0. The first kappa shape index (κ1) is 19.5. The number of nitrogens with one attached hydrogen (secondary N) is 1. The van der Waals surface area contributed by atoms with Crippen LogP contribution in [-0.4, -0.2) is 31.0 Å². The molecule has 134 valence electrons. The molecule has 2 fully saturated rings. The molecule has 1 aliphatic carbocycles. The van der Waals surface area contributed by atoms with Crippen molar-refractivity contribution in [2.24, 2.45) is 10.7 Å². The molecule has 2 aliphatic rings. The summed E-state index contributed by atoms with van der Waals surface area (Å²) in [5, 5.41) is 3.14. The van der Waals surface area contributed by atoms with Gasteiger partial charge in [0.1, 0.15) is 6.10 Å². The van der Waals surface area contributed by atoms with Crippen molar-refractivity contribution in [1.29, 1.82) is 0 Å². The molecule has 1 spiro atoms. The molecule has 1 saturated heterocycles. The van der Waals surface area contributed by atoms with E-state index in [-0.39, 0.29) is 35.9 Å². The standard InChI is InChI=1S/C18H27N3O2.HI/c1-2-14-7-6-8-15(11-14)21-17(19)20-12-16-13-22-18(23-16)9-4-3-5-10-18;/h6-8,11,16H,2-5,9-10,12-13H2,1H3,(H3,19,20,21);1H. The van der Waals surface area contributed by atoms with E-state index in [1.807, 2.05) is 12.1 Å². The maximum Gasteiger partial charge on any atom is 0.193 e. The van der Waals surface area contributed by atoms with Gasteiger partial charge in [0.05, 0.1) is 13.2 Å². The van der Waals surface area contributed by atoms with Gasteiger partial charge in [-0.15, -0.1) is 24.0 Å². The van der Waals surface area contributed by atoms with E-state index in [4.69, 9.17) is 15.2 Å². The van der Waals surface area contributed by atoms with Gasteiger partial charge in [0.15, 0.2) is 11.7 Å². The van der Waals surface area contributed by atoms with Gasteiger partial charge < -0.3 is 20.5 Å². The van der Waals surface area contributed by atoms with Crippen LogP contribution in [0.2, 0.25) is 0 Å². The van der Waals surface area contributed by atoms with Crippen molar-refractivity contribution in [3.05, 3.63) is 29.8 Å². The number of nitrogens with two attached hydrogens (primary N) is 1. The Hall–Kier alpha value is -0.860. The molecule has 1 unspecified atom stereocenters. The van der Waals surface area contributed by atoms with E-state index in [2.05, 4.69) is 29.4 Å². The lowest BCUT2D eigenvalue weighted by Gasteiger charge is -2.31. The molecule has 0 radical (unpaired) electrons. The van der Waals surface area contributed by atoms with Crippen LogP contribution in [0.3, 0.4) is 0 Å². The Morgan fingerprint density at radius 1 is 1.33 bits per heavy atom. The van der Waals surface area contributed by atoms with Crippen molar-refractivity contribution in [2.75, 3.05) is 18.5 Å². The average Bonchev–Trinajstić information content (AvgIpc) is 2.96. The van der Waals surface area contributed by atoms with Crippen molar-refractivity contribution in [2.45, 2.75) is 57.3 Å². The van der Waals surface area contributed by atoms with Crippen LogP contribution in [0.1, 0.15) is 44.6 Å². The van der Waals surface area contributed by atoms with Crippen molar-refractivity contribution in [3.63, 3.8) is 0 Å². The molecule has 1 aromatic rings. The zero-order chi connectivity index (χ0) is 16.1. The molecule has 5 nitrogen and oxygen atoms in total. The number of aliphatic imine (C=N–C) groups is 1. The zero-order valence-corrected chi connectivity index (χ0v) is 16.6. The maximum absolute atomic E-state index is 6.11. The Labute approximate surface area is 161 Å². The Morgan fingerprint density at radius 2 is 2.12 bits per heavy atom. The molecule has 6 heteroatoms. The summed E-state index contributed by atoms with van der Waals surface area (Å²) >= 11 is 0.